The standard InChI is InChI=1S/C18H21N3O3/c1-18(23)12-21(17(22)8-7-14-11-19-13-20-14)10-9-16(18)24-15-5-3-2-4-6-15/h2-8,11,13,16,23H,9-10,12H2,1H3,(H,19,20)/b8-7+/t16-,18-/m0/s1. The molecule has 1 fully saturated rings. The second kappa shape index (κ2) is 6.88. The van der Waals surface area contributed by atoms with Crippen LogP contribution in [0.25, 0.3) is 6.08 Å². The van der Waals surface area contributed by atoms with Crippen LogP contribution >= 0.6 is 0 Å². The number of benzene rings is 1. The first-order chi connectivity index (χ1) is 11.5. The van der Waals surface area contributed by atoms with Gasteiger partial charge in [0.2, 0.25) is 5.91 Å². The summed E-state index contributed by atoms with van der Waals surface area (Å²) in [6.07, 6.45) is 6.59. The van der Waals surface area contributed by atoms with Crippen molar-refractivity contribution in [2.75, 3.05) is 13.1 Å². The van der Waals surface area contributed by atoms with Crippen molar-refractivity contribution in [2.45, 2.75) is 25.0 Å². The molecule has 2 atom stereocenters. The monoisotopic (exact) mass is 327 g/mol. The van der Waals surface area contributed by atoms with E-state index >= 15 is 0 Å². The lowest BCUT2D eigenvalue weighted by molar-refractivity contribution is -0.140. The number of nitrogens with one attached hydrogen (secondary N) is 1. The van der Waals surface area contributed by atoms with Crippen LogP contribution in [0.3, 0.4) is 0 Å². The number of hydrogen-bond acceptors (Lipinski definition) is 4. The molecule has 1 aromatic carbocycles. The Morgan fingerprint density at radius 3 is 2.92 bits per heavy atom. The maximum atomic E-state index is 12.3. The van der Waals surface area contributed by atoms with Gasteiger partial charge in [-0.2, -0.15) is 0 Å². The van der Waals surface area contributed by atoms with Crippen LogP contribution in [-0.4, -0.2) is 50.7 Å². The predicted octanol–water partition coefficient (Wildman–Crippen LogP) is 1.85. The third kappa shape index (κ3) is 3.83. The number of ether oxygens (including phenoxy) is 1. The molecule has 2 N–H and O–H groups in total. The van der Waals surface area contributed by atoms with E-state index in [9.17, 15) is 9.90 Å². The van der Waals surface area contributed by atoms with Crippen LogP contribution in [0.2, 0.25) is 0 Å². The van der Waals surface area contributed by atoms with Crippen molar-refractivity contribution in [2.24, 2.45) is 0 Å². The molecule has 6 nitrogen and oxygen atoms in total. The number of H-pyrrole nitrogens is 1. The molecule has 2 heterocycles. The first kappa shape index (κ1) is 16.3. The van der Waals surface area contributed by atoms with Crippen LogP contribution in [-0.2, 0) is 4.79 Å². The molecule has 1 aliphatic heterocycles. The van der Waals surface area contributed by atoms with Crippen molar-refractivity contribution in [3.63, 3.8) is 0 Å². The minimum absolute atomic E-state index is 0.136. The number of nitrogens with zero attached hydrogens (tertiary/aromatic N) is 2. The molecule has 0 radical (unpaired) electrons. The smallest absolute Gasteiger partial charge is 0.246 e. The van der Waals surface area contributed by atoms with Crippen LogP contribution in [0, 0.1) is 0 Å². The van der Waals surface area contributed by atoms with Crippen LogP contribution in [0.15, 0.2) is 48.9 Å². The molecule has 126 valence electrons. The highest BCUT2D eigenvalue weighted by atomic mass is 16.5. The van der Waals surface area contributed by atoms with E-state index in [4.69, 9.17) is 4.74 Å². The highest BCUT2D eigenvalue weighted by molar-refractivity contribution is 5.91. The number of imidazole rings is 1. The Morgan fingerprint density at radius 2 is 2.25 bits per heavy atom. The van der Waals surface area contributed by atoms with Crippen LogP contribution < -0.4 is 4.74 Å². The molecule has 6 heteroatoms. The third-order valence-corrected chi connectivity index (χ3v) is 4.12. The average molecular weight is 327 g/mol. The fraction of sp³-hybridized carbons (Fsp3) is 0.333. The number of rotatable bonds is 4. The third-order valence-electron chi connectivity index (χ3n) is 4.12. The van der Waals surface area contributed by atoms with Crippen LogP contribution in [0.5, 0.6) is 5.75 Å². The van der Waals surface area contributed by atoms with E-state index in [1.54, 1.807) is 30.4 Å². The summed E-state index contributed by atoms with van der Waals surface area (Å²) >= 11 is 0. The molecule has 24 heavy (non-hydrogen) atoms. The summed E-state index contributed by atoms with van der Waals surface area (Å²) in [5.41, 5.74) is -0.344. The number of carbonyl (C=O) groups excluding carboxylic acids is 1. The lowest BCUT2D eigenvalue weighted by Crippen LogP contribution is -2.58. The van der Waals surface area contributed by atoms with E-state index in [2.05, 4.69) is 9.97 Å². The number of amides is 1. The number of aliphatic hydroxyl groups is 1. The number of aromatic amines is 1. The second-order valence-electron chi connectivity index (χ2n) is 6.17. The van der Waals surface area contributed by atoms with E-state index in [-0.39, 0.29) is 18.6 Å². The molecule has 1 amide bonds. The summed E-state index contributed by atoms with van der Waals surface area (Å²) < 4.78 is 5.90. The number of likely N-dealkylation sites (tertiary alicyclic amines) is 1. The number of carbonyl (C=O) groups is 1. The van der Waals surface area contributed by atoms with Gasteiger partial charge in [-0.25, -0.2) is 4.98 Å². The van der Waals surface area contributed by atoms with Gasteiger partial charge in [0.1, 0.15) is 17.5 Å². The van der Waals surface area contributed by atoms with Gasteiger partial charge in [-0.1, -0.05) is 18.2 Å². The number of β-amino-alcohol motifs (C(OH)–C–C–N with tert-alkyl or cyclic N) is 1. The number of para-hydroxylation sites is 1. The van der Waals surface area contributed by atoms with Crippen molar-refractivity contribution in [3.05, 3.63) is 54.6 Å². The molecule has 0 spiro atoms. The fourth-order valence-electron chi connectivity index (χ4n) is 2.81. The lowest BCUT2D eigenvalue weighted by Gasteiger charge is -2.42. The minimum atomic E-state index is -1.11. The van der Waals surface area contributed by atoms with Crippen molar-refractivity contribution in [1.29, 1.82) is 0 Å². The van der Waals surface area contributed by atoms with E-state index in [1.807, 2.05) is 30.3 Å². The summed E-state index contributed by atoms with van der Waals surface area (Å²) in [4.78, 5) is 20.7. The van der Waals surface area contributed by atoms with Gasteiger partial charge in [-0.3, -0.25) is 4.79 Å². The van der Waals surface area contributed by atoms with Gasteiger partial charge in [0.25, 0.3) is 0 Å². The maximum absolute atomic E-state index is 12.3. The van der Waals surface area contributed by atoms with Gasteiger partial charge in [-0.05, 0) is 25.1 Å². The minimum Gasteiger partial charge on any atom is -0.487 e. The Hall–Kier alpha value is -2.60. The van der Waals surface area contributed by atoms with Gasteiger partial charge in [-0.15, -0.1) is 0 Å². The molecular formula is C18H21N3O3. The van der Waals surface area contributed by atoms with Gasteiger partial charge >= 0.3 is 0 Å². The molecule has 3 rings (SSSR count). The molecule has 2 aromatic rings. The number of piperidine rings is 1. The van der Waals surface area contributed by atoms with Crippen molar-refractivity contribution in [1.82, 2.24) is 14.9 Å². The number of aromatic nitrogens is 2. The second-order valence-corrected chi connectivity index (χ2v) is 6.17. The van der Waals surface area contributed by atoms with Gasteiger partial charge < -0.3 is 19.7 Å². The van der Waals surface area contributed by atoms with Gasteiger partial charge in [0.05, 0.1) is 24.8 Å². The highest BCUT2D eigenvalue weighted by Gasteiger charge is 2.40. The molecule has 0 aliphatic carbocycles. The summed E-state index contributed by atoms with van der Waals surface area (Å²) in [6, 6.07) is 9.42. The lowest BCUT2D eigenvalue weighted by atomic mass is 9.91. The average Bonchev–Trinajstić information content (AvgIpc) is 3.08. The van der Waals surface area contributed by atoms with Crippen molar-refractivity contribution in [3.8, 4) is 5.75 Å². The highest BCUT2D eigenvalue weighted by Crippen LogP contribution is 2.26. The molecular weight excluding hydrogens is 306 g/mol. The fourth-order valence-corrected chi connectivity index (χ4v) is 2.81. The Bertz CT molecular complexity index is 696. The van der Waals surface area contributed by atoms with E-state index in [0.29, 0.717) is 13.0 Å². The van der Waals surface area contributed by atoms with Crippen LogP contribution in [0.4, 0.5) is 0 Å². The zero-order valence-electron chi connectivity index (χ0n) is 13.6. The topological polar surface area (TPSA) is 78.5 Å². The van der Waals surface area contributed by atoms with Crippen molar-refractivity contribution < 1.29 is 14.6 Å². The molecule has 1 aromatic heterocycles. The Kier molecular flexibility index (Phi) is 4.66. The maximum Gasteiger partial charge on any atom is 0.246 e. The number of hydrogen-bond donors (Lipinski definition) is 2. The summed E-state index contributed by atoms with van der Waals surface area (Å²) in [5, 5.41) is 10.7. The van der Waals surface area contributed by atoms with Crippen molar-refractivity contribution >= 4 is 12.0 Å². The summed E-state index contributed by atoms with van der Waals surface area (Å²) in [6.45, 7) is 2.48. The molecule has 0 unspecified atom stereocenters. The molecule has 0 saturated carbocycles. The molecule has 0 bridgehead atoms. The SMILES string of the molecule is C[C@]1(O)CN(C(=O)/C=C/c2cnc[nH]2)CC[C@@H]1Oc1ccccc1. The Morgan fingerprint density at radius 1 is 1.46 bits per heavy atom. The Balaban J connectivity index is 1.61. The summed E-state index contributed by atoms with van der Waals surface area (Å²) in [5.74, 6) is 0.588. The quantitative estimate of drug-likeness (QED) is 0.840. The molecule has 1 saturated heterocycles. The van der Waals surface area contributed by atoms with Gasteiger partial charge in [0.15, 0.2) is 0 Å². The van der Waals surface area contributed by atoms with E-state index in [0.717, 1.165) is 11.4 Å². The Labute approximate surface area is 140 Å². The molecule has 1 aliphatic rings. The van der Waals surface area contributed by atoms with E-state index < -0.39 is 5.60 Å². The first-order valence-corrected chi connectivity index (χ1v) is 7.94. The first-order valence-electron chi connectivity index (χ1n) is 7.94. The zero-order chi connectivity index (χ0) is 17.0. The zero-order valence-corrected chi connectivity index (χ0v) is 13.6. The normalized spacial score (nSPS) is 24.2. The predicted molar refractivity (Wildman–Crippen MR) is 90.3 cm³/mol. The van der Waals surface area contributed by atoms with E-state index in [1.165, 1.54) is 6.08 Å². The summed E-state index contributed by atoms with van der Waals surface area (Å²) in [7, 11) is 0. The van der Waals surface area contributed by atoms with Crippen LogP contribution in [0.1, 0.15) is 19.0 Å². The van der Waals surface area contributed by atoms with Gasteiger partial charge in [0, 0.05) is 19.0 Å². The largest absolute Gasteiger partial charge is 0.487 e.